The normalized spacial score (nSPS) is 10.1. The Hall–Kier alpha value is -2.83. The van der Waals surface area contributed by atoms with E-state index in [0.29, 0.717) is 17.1 Å². The van der Waals surface area contributed by atoms with Crippen LogP contribution in [0.3, 0.4) is 0 Å². The molecule has 1 aromatic heterocycles. The number of nitrogens with zero attached hydrogens (tertiary/aromatic N) is 2. The SMILES string of the molecule is COc1ccc(C(=O)O)cc1NC(=O)c1cncn1C. The smallest absolute Gasteiger partial charge is 0.335 e. The number of methoxy groups -OCH3 is 1. The fraction of sp³-hybridized carbons (Fsp3) is 0.154. The predicted molar refractivity (Wildman–Crippen MR) is 71.1 cm³/mol. The van der Waals surface area contributed by atoms with Gasteiger partial charge in [0.05, 0.1) is 30.9 Å². The van der Waals surface area contributed by atoms with Crippen molar-refractivity contribution >= 4 is 17.6 Å². The number of anilines is 1. The van der Waals surface area contributed by atoms with Crippen molar-refractivity contribution in [2.45, 2.75) is 0 Å². The third kappa shape index (κ3) is 2.61. The number of carboxylic acids is 1. The lowest BCUT2D eigenvalue weighted by atomic mass is 10.2. The van der Waals surface area contributed by atoms with Gasteiger partial charge in [-0.15, -0.1) is 0 Å². The first-order chi connectivity index (χ1) is 9.52. The van der Waals surface area contributed by atoms with Gasteiger partial charge in [0.2, 0.25) is 0 Å². The largest absolute Gasteiger partial charge is 0.495 e. The van der Waals surface area contributed by atoms with Gasteiger partial charge in [-0.25, -0.2) is 9.78 Å². The lowest BCUT2D eigenvalue weighted by Crippen LogP contribution is -2.16. The van der Waals surface area contributed by atoms with Gasteiger partial charge in [0.15, 0.2) is 0 Å². The molecule has 104 valence electrons. The zero-order valence-corrected chi connectivity index (χ0v) is 11.0. The quantitative estimate of drug-likeness (QED) is 0.879. The van der Waals surface area contributed by atoms with Gasteiger partial charge in [0.25, 0.3) is 5.91 Å². The number of benzene rings is 1. The Bertz CT molecular complexity index is 663. The highest BCUT2D eigenvalue weighted by molar-refractivity contribution is 6.04. The maximum Gasteiger partial charge on any atom is 0.335 e. The monoisotopic (exact) mass is 275 g/mol. The number of imidazole rings is 1. The Kier molecular flexibility index (Phi) is 3.69. The summed E-state index contributed by atoms with van der Waals surface area (Å²) in [4.78, 5) is 26.9. The van der Waals surface area contributed by atoms with Crippen LogP contribution in [0, 0.1) is 0 Å². The summed E-state index contributed by atoms with van der Waals surface area (Å²) in [7, 11) is 3.13. The van der Waals surface area contributed by atoms with E-state index in [4.69, 9.17) is 9.84 Å². The summed E-state index contributed by atoms with van der Waals surface area (Å²) in [6, 6.07) is 4.23. The Balaban J connectivity index is 2.32. The van der Waals surface area contributed by atoms with Crippen LogP contribution in [-0.2, 0) is 7.05 Å². The van der Waals surface area contributed by atoms with Gasteiger partial charge < -0.3 is 19.7 Å². The molecule has 0 unspecified atom stereocenters. The van der Waals surface area contributed by atoms with Crippen molar-refractivity contribution in [3.63, 3.8) is 0 Å². The minimum absolute atomic E-state index is 0.0612. The minimum atomic E-state index is -1.08. The standard InChI is InChI=1S/C13H13N3O4/c1-16-7-14-6-10(16)12(17)15-9-5-8(13(18)19)3-4-11(9)20-2/h3-7H,1-2H3,(H,15,17)(H,18,19). The summed E-state index contributed by atoms with van der Waals surface area (Å²) in [6.07, 6.45) is 2.92. The molecule has 0 saturated carbocycles. The van der Waals surface area contributed by atoms with Gasteiger partial charge in [0, 0.05) is 7.05 Å². The highest BCUT2D eigenvalue weighted by Gasteiger charge is 2.14. The third-order valence-electron chi connectivity index (χ3n) is 2.74. The van der Waals surface area contributed by atoms with E-state index in [1.807, 2.05) is 0 Å². The van der Waals surface area contributed by atoms with Crippen LogP contribution in [0.5, 0.6) is 5.75 Å². The minimum Gasteiger partial charge on any atom is -0.495 e. The number of ether oxygens (including phenoxy) is 1. The van der Waals surface area contributed by atoms with E-state index in [2.05, 4.69) is 10.3 Å². The molecule has 0 aliphatic carbocycles. The van der Waals surface area contributed by atoms with Crippen molar-refractivity contribution < 1.29 is 19.4 Å². The molecule has 20 heavy (non-hydrogen) atoms. The van der Waals surface area contributed by atoms with E-state index in [0.717, 1.165) is 0 Å². The Morgan fingerprint density at radius 2 is 2.15 bits per heavy atom. The summed E-state index contributed by atoms with van der Waals surface area (Å²) in [5.74, 6) is -1.10. The maximum atomic E-state index is 12.1. The Morgan fingerprint density at radius 1 is 1.40 bits per heavy atom. The second-order valence-corrected chi connectivity index (χ2v) is 4.06. The van der Waals surface area contributed by atoms with E-state index < -0.39 is 11.9 Å². The molecule has 2 rings (SSSR count). The molecular weight excluding hydrogens is 262 g/mol. The number of nitrogens with one attached hydrogen (secondary N) is 1. The molecule has 1 amide bonds. The van der Waals surface area contributed by atoms with Gasteiger partial charge in [-0.2, -0.15) is 0 Å². The zero-order valence-electron chi connectivity index (χ0n) is 11.0. The molecule has 7 nitrogen and oxygen atoms in total. The van der Waals surface area contributed by atoms with Crippen molar-refractivity contribution in [2.75, 3.05) is 12.4 Å². The highest BCUT2D eigenvalue weighted by Crippen LogP contribution is 2.26. The van der Waals surface area contributed by atoms with Crippen molar-refractivity contribution in [1.82, 2.24) is 9.55 Å². The van der Waals surface area contributed by atoms with Gasteiger partial charge in [0.1, 0.15) is 11.4 Å². The van der Waals surface area contributed by atoms with E-state index in [1.54, 1.807) is 11.6 Å². The number of aromatic carboxylic acids is 1. The molecule has 0 spiro atoms. The number of amides is 1. The van der Waals surface area contributed by atoms with E-state index >= 15 is 0 Å². The van der Waals surface area contributed by atoms with E-state index in [-0.39, 0.29) is 5.56 Å². The summed E-state index contributed by atoms with van der Waals surface area (Å²) in [5.41, 5.74) is 0.706. The molecule has 1 heterocycles. The predicted octanol–water partition coefficient (Wildman–Crippen LogP) is 1.38. The van der Waals surface area contributed by atoms with Gasteiger partial charge >= 0.3 is 5.97 Å². The molecule has 2 N–H and O–H groups in total. The molecule has 0 atom stereocenters. The second-order valence-electron chi connectivity index (χ2n) is 4.06. The summed E-state index contributed by atoms with van der Waals surface area (Å²) in [6.45, 7) is 0. The number of hydrogen-bond acceptors (Lipinski definition) is 4. The van der Waals surface area contributed by atoms with Gasteiger partial charge in [-0.3, -0.25) is 4.79 Å². The van der Waals surface area contributed by atoms with Gasteiger partial charge in [-0.1, -0.05) is 0 Å². The molecule has 0 saturated heterocycles. The first-order valence-electron chi connectivity index (χ1n) is 5.72. The average molecular weight is 275 g/mol. The maximum absolute atomic E-state index is 12.1. The molecule has 0 aliphatic rings. The third-order valence-corrected chi connectivity index (χ3v) is 2.74. The molecule has 2 aromatic rings. The van der Waals surface area contributed by atoms with Crippen LogP contribution >= 0.6 is 0 Å². The molecule has 0 aliphatic heterocycles. The first-order valence-corrected chi connectivity index (χ1v) is 5.72. The average Bonchev–Trinajstić information content (AvgIpc) is 2.84. The van der Waals surface area contributed by atoms with E-state index in [9.17, 15) is 9.59 Å². The summed E-state index contributed by atoms with van der Waals surface area (Å²) < 4.78 is 6.66. The fourth-order valence-corrected chi connectivity index (χ4v) is 1.70. The number of rotatable bonds is 4. The number of aryl methyl sites for hydroxylation is 1. The molecule has 0 bridgehead atoms. The van der Waals surface area contributed by atoms with Crippen LogP contribution in [0.25, 0.3) is 0 Å². The number of hydrogen-bond donors (Lipinski definition) is 2. The van der Waals surface area contributed by atoms with Crippen LogP contribution in [0.1, 0.15) is 20.8 Å². The lowest BCUT2D eigenvalue weighted by molar-refractivity contribution is 0.0696. The summed E-state index contributed by atoms with van der Waals surface area (Å²) in [5, 5.41) is 11.6. The highest BCUT2D eigenvalue weighted by atomic mass is 16.5. The van der Waals surface area contributed by atoms with Crippen molar-refractivity contribution in [2.24, 2.45) is 7.05 Å². The van der Waals surface area contributed by atoms with Crippen LogP contribution < -0.4 is 10.1 Å². The van der Waals surface area contributed by atoms with Crippen LogP contribution in [-0.4, -0.2) is 33.6 Å². The topological polar surface area (TPSA) is 93.4 Å². The Morgan fingerprint density at radius 3 is 2.70 bits per heavy atom. The van der Waals surface area contributed by atoms with E-state index in [1.165, 1.54) is 37.8 Å². The zero-order chi connectivity index (χ0) is 14.7. The molecule has 0 radical (unpaired) electrons. The van der Waals surface area contributed by atoms with Crippen molar-refractivity contribution in [3.05, 3.63) is 42.0 Å². The van der Waals surface area contributed by atoms with Gasteiger partial charge in [-0.05, 0) is 18.2 Å². The fourth-order valence-electron chi connectivity index (χ4n) is 1.70. The number of carbonyl (C=O) groups excluding carboxylic acids is 1. The molecule has 0 fully saturated rings. The van der Waals surface area contributed by atoms with Crippen molar-refractivity contribution in [1.29, 1.82) is 0 Å². The number of carboxylic acid groups (broad SMARTS) is 1. The van der Waals surface area contributed by atoms with Crippen LogP contribution in [0.2, 0.25) is 0 Å². The van der Waals surface area contributed by atoms with Crippen LogP contribution in [0.15, 0.2) is 30.7 Å². The molecule has 1 aromatic carbocycles. The lowest BCUT2D eigenvalue weighted by Gasteiger charge is -2.11. The Labute approximate surface area is 114 Å². The number of carbonyl (C=O) groups is 2. The molecule has 7 heteroatoms. The second kappa shape index (κ2) is 5.43. The molecular formula is C13H13N3O4. The number of aromatic nitrogens is 2. The summed E-state index contributed by atoms with van der Waals surface area (Å²) >= 11 is 0. The van der Waals surface area contributed by atoms with Crippen molar-refractivity contribution in [3.8, 4) is 5.75 Å². The first kappa shape index (κ1) is 13.6. The van der Waals surface area contributed by atoms with Crippen LogP contribution in [0.4, 0.5) is 5.69 Å².